The molecule has 1 fully saturated rings. The third-order valence-corrected chi connectivity index (χ3v) is 3.28. The minimum Gasteiger partial charge on any atom is -0.380 e. The molecule has 96 valence electrons. The molecule has 16 heavy (non-hydrogen) atoms. The summed E-state index contributed by atoms with van der Waals surface area (Å²) in [6.45, 7) is 13.2. The van der Waals surface area contributed by atoms with Crippen LogP contribution in [0.15, 0.2) is 0 Å². The molecule has 3 heteroatoms. The molecule has 1 aliphatic heterocycles. The van der Waals surface area contributed by atoms with Crippen LogP contribution in [0.5, 0.6) is 0 Å². The Labute approximate surface area is 101 Å². The van der Waals surface area contributed by atoms with Crippen LogP contribution in [0.4, 0.5) is 0 Å². The van der Waals surface area contributed by atoms with Crippen LogP contribution in [0.25, 0.3) is 0 Å². The van der Waals surface area contributed by atoms with Gasteiger partial charge in [-0.05, 0) is 25.3 Å². The van der Waals surface area contributed by atoms with Crippen molar-refractivity contribution in [2.45, 2.75) is 39.7 Å². The summed E-state index contributed by atoms with van der Waals surface area (Å²) in [4.78, 5) is 2.60. The third kappa shape index (κ3) is 4.81. The zero-order valence-electron chi connectivity index (χ0n) is 11.2. The lowest BCUT2D eigenvalue weighted by Gasteiger charge is -2.33. The van der Waals surface area contributed by atoms with E-state index in [2.05, 4.69) is 31.0 Å². The van der Waals surface area contributed by atoms with Gasteiger partial charge in [0, 0.05) is 32.3 Å². The van der Waals surface area contributed by atoms with Gasteiger partial charge in [-0.25, -0.2) is 0 Å². The van der Waals surface area contributed by atoms with Crippen molar-refractivity contribution < 1.29 is 4.74 Å². The Bertz CT molecular complexity index is 165. The second-order valence-corrected chi connectivity index (χ2v) is 5.02. The van der Waals surface area contributed by atoms with E-state index in [1.54, 1.807) is 0 Å². The van der Waals surface area contributed by atoms with Gasteiger partial charge in [-0.1, -0.05) is 20.8 Å². The Kier molecular flexibility index (Phi) is 7.01. The summed E-state index contributed by atoms with van der Waals surface area (Å²) in [5, 5.41) is 3.55. The van der Waals surface area contributed by atoms with Crippen LogP contribution >= 0.6 is 0 Å². The quantitative estimate of drug-likeness (QED) is 0.701. The van der Waals surface area contributed by atoms with Crippen molar-refractivity contribution in [2.24, 2.45) is 5.92 Å². The Morgan fingerprint density at radius 1 is 1.25 bits per heavy atom. The van der Waals surface area contributed by atoms with Gasteiger partial charge < -0.3 is 10.1 Å². The first kappa shape index (κ1) is 13.9. The highest BCUT2D eigenvalue weighted by Crippen LogP contribution is 2.12. The minimum absolute atomic E-state index is 0.660. The van der Waals surface area contributed by atoms with Gasteiger partial charge in [0.05, 0.1) is 6.61 Å². The van der Waals surface area contributed by atoms with Gasteiger partial charge in [-0.2, -0.15) is 0 Å². The summed E-state index contributed by atoms with van der Waals surface area (Å²) in [7, 11) is 0. The van der Waals surface area contributed by atoms with Crippen molar-refractivity contribution in [1.29, 1.82) is 0 Å². The number of hydrogen-bond acceptors (Lipinski definition) is 3. The first-order valence-electron chi connectivity index (χ1n) is 6.78. The van der Waals surface area contributed by atoms with E-state index in [9.17, 15) is 0 Å². The molecular formula is C13H28N2O. The van der Waals surface area contributed by atoms with E-state index in [-0.39, 0.29) is 0 Å². The minimum atomic E-state index is 0.660. The van der Waals surface area contributed by atoms with E-state index in [4.69, 9.17) is 4.74 Å². The molecule has 0 radical (unpaired) electrons. The topological polar surface area (TPSA) is 24.5 Å². The number of nitrogens with one attached hydrogen (secondary N) is 1. The fourth-order valence-electron chi connectivity index (χ4n) is 2.31. The molecule has 1 atom stereocenters. The third-order valence-electron chi connectivity index (χ3n) is 3.28. The maximum Gasteiger partial charge on any atom is 0.0593 e. The lowest BCUT2D eigenvalue weighted by molar-refractivity contribution is 0.119. The van der Waals surface area contributed by atoms with Crippen molar-refractivity contribution in [3.63, 3.8) is 0 Å². The Morgan fingerprint density at radius 2 is 2.06 bits per heavy atom. The predicted octanol–water partition coefficient (Wildman–Crippen LogP) is 1.73. The number of nitrogens with zero attached hydrogens (tertiary/aromatic N) is 1. The van der Waals surface area contributed by atoms with E-state index >= 15 is 0 Å². The molecule has 0 spiro atoms. The second-order valence-electron chi connectivity index (χ2n) is 5.02. The molecule has 0 aromatic carbocycles. The van der Waals surface area contributed by atoms with Crippen molar-refractivity contribution in [2.75, 3.05) is 39.4 Å². The molecular weight excluding hydrogens is 200 g/mol. The van der Waals surface area contributed by atoms with Gasteiger partial charge in [-0.15, -0.1) is 0 Å². The van der Waals surface area contributed by atoms with Gasteiger partial charge in [-0.3, -0.25) is 4.90 Å². The van der Waals surface area contributed by atoms with E-state index in [0.29, 0.717) is 12.0 Å². The van der Waals surface area contributed by atoms with Crippen LogP contribution in [0, 0.1) is 5.92 Å². The molecule has 1 aliphatic rings. The number of hydrogen-bond donors (Lipinski definition) is 1. The summed E-state index contributed by atoms with van der Waals surface area (Å²) in [5.41, 5.74) is 0. The summed E-state index contributed by atoms with van der Waals surface area (Å²) >= 11 is 0. The molecule has 1 N–H and O–H groups in total. The summed E-state index contributed by atoms with van der Waals surface area (Å²) in [6.07, 6.45) is 2.39. The first-order valence-corrected chi connectivity index (χ1v) is 6.78. The number of rotatable bonds is 6. The molecule has 0 amide bonds. The predicted molar refractivity (Wildman–Crippen MR) is 68.8 cm³/mol. The van der Waals surface area contributed by atoms with Crippen LogP contribution in [-0.2, 0) is 4.74 Å². The van der Waals surface area contributed by atoms with Gasteiger partial charge in [0.2, 0.25) is 0 Å². The molecule has 0 aromatic heterocycles. The fourth-order valence-corrected chi connectivity index (χ4v) is 2.31. The van der Waals surface area contributed by atoms with Crippen LogP contribution in [0.3, 0.4) is 0 Å². The Hall–Kier alpha value is -0.120. The summed E-state index contributed by atoms with van der Waals surface area (Å²) < 4.78 is 5.52. The smallest absolute Gasteiger partial charge is 0.0593 e. The molecule has 1 rings (SSSR count). The fraction of sp³-hybridized carbons (Fsp3) is 1.00. The maximum absolute atomic E-state index is 5.52. The molecule has 1 heterocycles. The summed E-state index contributed by atoms with van der Waals surface area (Å²) in [5.74, 6) is 0.711. The van der Waals surface area contributed by atoms with Crippen LogP contribution in [0.1, 0.15) is 33.6 Å². The maximum atomic E-state index is 5.52. The van der Waals surface area contributed by atoms with Crippen LogP contribution in [0.2, 0.25) is 0 Å². The first-order chi connectivity index (χ1) is 7.75. The summed E-state index contributed by atoms with van der Waals surface area (Å²) in [6, 6.07) is 0.660. The molecule has 0 saturated carbocycles. The van der Waals surface area contributed by atoms with Crippen LogP contribution < -0.4 is 5.32 Å². The Balaban J connectivity index is 2.40. The zero-order valence-corrected chi connectivity index (χ0v) is 11.2. The number of ether oxygens (including phenoxy) is 1. The lowest BCUT2D eigenvalue weighted by Crippen LogP contribution is -2.46. The van der Waals surface area contributed by atoms with E-state index in [0.717, 1.165) is 32.8 Å². The highest BCUT2D eigenvalue weighted by Gasteiger charge is 2.22. The van der Waals surface area contributed by atoms with Crippen molar-refractivity contribution in [3.8, 4) is 0 Å². The Morgan fingerprint density at radius 3 is 2.75 bits per heavy atom. The van der Waals surface area contributed by atoms with E-state index in [1.165, 1.54) is 19.4 Å². The SMILES string of the molecule is CCCNCC(C(C)C)N1CCCOCC1. The van der Waals surface area contributed by atoms with Gasteiger partial charge in [0.1, 0.15) is 0 Å². The van der Waals surface area contributed by atoms with Crippen molar-refractivity contribution in [1.82, 2.24) is 10.2 Å². The van der Waals surface area contributed by atoms with Crippen molar-refractivity contribution in [3.05, 3.63) is 0 Å². The molecule has 0 aliphatic carbocycles. The molecule has 3 nitrogen and oxygen atoms in total. The highest BCUT2D eigenvalue weighted by molar-refractivity contribution is 4.78. The van der Waals surface area contributed by atoms with Gasteiger partial charge >= 0.3 is 0 Å². The molecule has 0 aromatic rings. The largest absolute Gasteiger partial charge is 0.380 e. The van der Waals surface area contributed by atoms with E-state index < -0.39 is 0 Å². The normalized spacial score (nSPS) is 21.0. The van der Waals surface area contributed by atoms with E-state index in [1.807, 2.05) is 0 Å². The molecule has 1 saturated heterocycles. The highest BCUT2D eigenvalue weighted by atomic mass is 16.5. The lowest BCUT2D eigenvalue weighted by atomic mass is 10.0. The van der Waals surface area contributed by atoms with Crippen molar-refractivity contribution >= 4 is 0 Å². The van der Waals surface area contributed by atoms with Gasteiger partial charge in [0.15, 0.2) is 0 Å². The average Bonchev–Trinajstić information content (AvgIpc) is 2.52. The monoisotopic (exact) mass is 228 g/mol. The average molecular weight is 228 g/mol. The standard InChI is InChI=1S/C13H28N2O/c1-4-6-14-11-13(12(2)3)15-7-5-9-16-10-8-15/h12-14H,4-11H2,1-3H3. The molecule has 1 unspecified atom stereocenters. The zero-order chi connectivity index (χ0) is 11.8. The molecule has 0 bridgehead atoms. The van der Waals surface area contributed by atoms with Crippen LogP contribution in [-0.4, -0.2) is 50.3 Å². The van der Waals surface area contributed by atoms with Gasteiger partial charge in [0.25, 0.3) is 0 Å². The second kappa shape index (κ2) is 8.04.